The summed E-state index contributed by atoms with van der Waals surface area (Å²) in [6, 6.07) is 7.35. The lowest BCUT2D eigenvalue weighted by atomic mass is 10.2. The van der Waals surface area contributed by atoms with Crippen molar-refractivity contribution in [1.29, 1.82) is 0 Å². The van der Waals surface area contributed by atoms with Crippen molar-refractivity contribution in [3.63, 3.8) is 0 Å². The van der Waals surface area contributed by atoms with Crippen molar-refractivity contribution in [2.75, 3.05) is 31.3 Å². The minimum absolute atomic E-state index is 0.257. The first kappa shape index (κ1) is 18.7. The highest BCUT2D eigenvalue weighted by atomic mass is 32.2. The number of methoxy groups -OCH3 is 1. The molecule has 0 aliphatic carbocycles. The van der Waals surface area contributed by atoms with Gasteiger partial charge in [0.15, 0.2) is 0 Å². The van der Waals surface area contributed by atoms with Gasteiger partial charge >= 0.3 is 0 Å². The molecule has 1 amide bonds. The van der Waals surface area contributed by atoms with E-state index in [0.717, 1.165) is 10.6 Å². The second kappa shape index (κ2) is 9.63. The van der Waals surface area contributed by atoms with Gasteiger partial charge in [0.2, 0.25) is 0 Å². The molecule has 1 aromatic heterocycles. The molecule has 1 unspecified atom stereocenters. The largest absolute Gasteiger partial charge is 0.384 e. The van der Waals surface area contributed by atoms with Gasteiger partial charge in [0, 0.05) is 46.9 Å². The monoisotopic (exact) mass is 367 g/mol. The van der Waals surface area contributed by atoms with Gasteiger partial charge in [-0.15, -0.1) is 11.3 Å². The molecule has 0 saturated carbocycles. The van der Waals surface area contributed by atoms with Crippen LogP contribution in [-0.2, 0) is 27.7 Å². The topological polar surface area (TPSA) is 94.3 Å². The summed E-state index contributed by atoms with van der Waals surface area (Å²) < 4.78 is 16.8. The number of aromatic nitrogens is 1. The average molecular weight is 367 g/mol. The van der Waals surface area contributed by atoms with Gasteiger partial charge in [0.05, 0.1) is 11.6 Å². The summed E-state index contributed by atoms with van der Waals surface area (Å²) in [5.74, 6) is 0.674. The standard InChI is InChI=1S/C16H21N3O3S2/c1-22-7-8-24(21)11-12-3-2-4-13(9-12)18-16(20)14-10-23-15(19-14)5-6-17/h2-4,9-10H,5-8,11,17H2,1H3,(H,18,20). The van der Waals surface area contributed by atoms with Crippen LogP contribution >= 0.6 is 11.3 Å². The van der Waals surface area contributed by atoms with Gasteiger partial charge in [-0.2, -0.15) is 0 Å². The normalized spacial score (nSPS) is 12.1. The Morgan fingerprint density at radius 2 is 2.29 bits per heavy atom. The summed E-state index contributed by atoms with van der Waals surface area (Å²) >= 11 is 1.43. The number of nitrogens with zero attached hydrogens (tertiary/aromatic N) is 1. The molecule has 0 spiro atoms. The molecule has 0 fully saturated rings. The SMILES string of the molecule is COCCS(=O)Cc1cccc(NC(=O)c2csc(CCN)n2)c1. The van der Waals surface area contributed by atoms with Crippen molar-refractivity contribution in [1.82, 2.24) is 4.98 Å². The van der Waals surface area contributed by atoms with Gasteiger partial charge in [-0.1, -0.05) is 12.1 Å². The van der Waals surface area contributed by atoms with E-state index in [0.29, 0.717) is 42.5 Å². The molecule has 3 N–H and O–H groups in total. The van der Waals surface area contributed by atoms with E-state index in [-0.39, 0.29) is 5.91 Å². The summed E-state index contributed by atoms with van der Waals surface area (Å²) in [4.78, 5) is 16.5. The fourth-order valence-electron chi connectivity index (χ4n) is 2.02. The number of carbonyl (C=O) groups is 1. The van der Waals surface area contributed by atoms with Crippen LogP contribution in [0.3, 0.4) is 0 Å². The highest BCUT2D eigenvalue weighted by molar-refractivity contribution is 7.84. The number of hydrogen-bond acceptors (Lipinski definition) is 6. The second-order valence-electron chi connectivity index (χ2n) is 5.10. The fourth-order valence-corrected chi connectivity index (χ4v) is 3.86. The Morgan fingerprint density at radius 3 is 3.04 bits per heavy atom. The van der Waals surface area contributed by atoms with Crippen LogP contribution in [-0.4, -0.2) is 41.1 Å². The lowest BCUT2D eigenvalue weighted by molar-refractivity contribution is 0.102. The van der Waals surface area contributed by atoms with Crippen LogP contribution in [0.1, 0.15) is 21.1 Å². The Balaban J connectivity index is 1.97. The van der Waals surface area contributed by atoms with Crippen LogP contribution in [0.4, 0.5) is 5.69 Å². The fraction of sp³-hybridized carbons (Fsp3) is 0.375. The predicted octanol–water partition coefficient (Wildman–Crippen LogP) is 1.79. The number of anilines is 1. The number of rotatable bonds is 9. The molecule has 8 heteroatoms. The third kappa shape index (κ3) is 5.79. The van der Waals surface area contributed by atoms with Gasteiger partial charge in [-0.3, -0.25) is 9.00 Å². The lowest BCUT2D eigenvalue weighted by Crippen LogP contribution is -2.13. The van der Waals surface area contributed by atoms with E-state index in [2.05, 4.69) is 10.3 Å². The van der Waals surface area contributed by atoms with Gasteiger partial charge in [0.25, 0.3) is 5.91 Å². The van der Waals surface area contributed by atoms with Crippen molar-refractivity contribution in [3.8, 4) is 0 Å². The van der Waals surface area contributed by atoms with Gasteiger partial charge < -0.3 is 15.8 Å². The first-order valence-electron chi connectivity index (χ1n) is 7.51. The lowest BCUT2D eigenvalue weighted by Gasteiger charge is -2.07. The molecule has 130 valence electrons. The summed E-state index contributed by atoms with van der Waals surface area (Å²) in [7, 11) is 0.601. The molecule has 1 aromatic carbocycles. The van der Waals surface area contributed by atoms with Crippen LogP contribution in [0.5, 0.6) is 0 Å². The second-order valence-corrected chi connectivity index (χ2v) is 7.62. The first-order chi connectivity index (χ1) is 11.6. The van der Waals surface area contributed by atoms with E-state index in [9.17, 15) is 9.00 Å². The van der Waals surface area contributed by atoms with Crippen LogP contribution in [0.15, 0.2) is 29.6 Å². The first-order valence-corrected chi connectivity index (χ1v) is 9.88. The number of hydrogen-bond donors (Lipinski definition) is 2. The Labute approximate surface area is 147 Å². The van der Waals surface area contributed by atoms with Crippen molar-refractivity contribution in [3.05, 3.63) is 45.9 Å². The molecular formula is C16H21N3O3S2. The van der Waals surface area contributed by atoms with E-state index in [1.54, 1.807) is 18.6 Å². The molecule has 0 saturated heterocycles. The Morgan fingerprint density at radius 1 is 1.46 bits per heavy atom. The van der Waals surface area contributed by atoms with Crippen LogP contribution in [0.25, 0.3) is 0 Å². The number of carbonyl (C=O) groups excluding carboxylic acids is 1. The number of ether oxygens (including phenoxy) is 1. The Bertz CT molecular complexity index is 703. The quantitative estimate of drug-likeness (QED) is 0.705. The van der Waals surface area contributed by atoms with Crippen molar-refractivity contribution >= 4 is 33.7 Å². The number of benzene rings is 1. The third-order valence-corrected chi connectivity index (χ3v) is 5.36. The number of nitrogens with one attached hydrogen (secondary N) is 1. The molecule has 0 aliphatic rings. The average Bonchev–Trinajstić information content (AvgIpc) is 3.02. The summed E-state index contributed by atoms with van der Waals surface area (Å²) in [6.07, 6.45) is 0.667. The maximum Gasteiger partial charge on any atom is 0.275 e. The Hall–Kier alpha value is -1.61. The van der Waals surface area contributed by atoms with Crippen LogP contribution in [0, 0.1) is 0 Å². The van der Waals surface area contributed by atoms with Crippen molar-refractivity contribution in [2.45, 2.75) is 12.2 Å². The summed E-state index contributed by atoms with van der Waals surface area (Å²) in [5, 5.41) is 5.40. The van der Waals surface area contributed by atoms with Gasteiger partial charge in [-0.25, -0.2) is 4.98 Å². The van der Waals surface area contributed by atoms with Gasteiger partial charge in [0.1, 0.15) is 5.69 Å². The summed E-state index contributed by atoms with van der Waals surface area (Å²) in [5.41, 5.74) is 7.44. The molecule has 1 atom stereocenters. The molecule has 2 aromatic rings. The minimum atomic E-state index is -0.987. The van der Waals surface area contributed by atoms with Crippen molar-refractivity contribution < 1.29 is 13.7 Å². The highest BCUT2D eigenvalue weighted by Crippen LogP contribution is 2.15. The smallest absolute Gasteiger partial charge is 0.275 e. The van der Waals surface area contributed by atoms with E-state index < -0.39 is 10.8 Å². The molecule has 24 heavy (non-hydrogen) atoms. The minimum Gasteiger partial charge on any atom is -0.384 e. The molecule has 1 heterocycles. The van der Waals surface area contributed by atoms with E-state index in [1.165, 1.54) is 11.3 Å². The molecular weight excluding hydrogens is 346 g/mol. The Kier molecular flexibility index (Phi) is 7.51. The van der Waals surface area contributed by atoms with E-state index in [4.69, 9.17) is 10.5 Å². The highest BCUT2D eigenvalue weighted by Gasteiger charge is 2.11. The van der Waals surface area contributed by atoms with E-state index >= 15 is 0 Å². The van der Waals surface area contributed by atoms with Crippen LogP contribution < -0.4 is 11.1 Å². The summed E-state index contributed by atoms with van der Waals surface area (Å²) in [6.45, 7) is 0.981. The predicted molar refractivity (Wildman–Crippen MR) is 97.9 cm³/mol. The zero-order valence-electron chi connectivity index (χ0n) is 13.5. The number of amides is 1. The number of nitrogens with two attached hydrogens (primary N) is 1. The van der Waals surface area contributed by atoms with Gasteiger partial charge in [-0.05, 0) is 24.2 Å². The molecule has 2 rings (SSSR count). The molecule has 0 radical (unpaired) electrons. The van der Waals surface area contributed by atoms with Crippen LogP contribution in [0.2, 0.25) is 0 Å². The third-order valence-electron chi connectivity index (χ3n) is 3.17. The maximum absolute atomic E-state index is 12.2. The van der Waals surface area contributed by atoms with E-state index in [1.807, 2.05) is 18.2 Å². The molecule has 6 nitrogen and oxygen atoms in total. The zero-order chi connectivity index (χ0) is 17.4. The molecule has 0 aliphatic heterocycles. The zero-order valence-corrected chi connectivity index (χ0v) is 15.1. The number of thiazole rings is 1. The maximum atomic E-state index is 12.2. The molecule has 0 bridgehead atoms. The van der Waals surface area contributed by atoms with Crippen molar-refractivity contribution in [2.24, 2.45) is 5.73 Å².